The maximum absolute atomic E-state index is 12.3. The molecule has 1 aromatic carbocycles. The van der Waals surface area contributed by atoms with Crippen LogP contribution in [-0.2, 0) is 0 Å². The Hall–Kier alpha value is -1.72. The molecule has 12 heavy (non-hydrogen) atoms. The predicted octanol–water partition coefficient (Wildman–Crippen LogP) is 0.947. The van der Waals surface area contributed by atoms with Crippen molar-refractivity contribution in [2.24, 2.45) is 0 Å². The van der Waals surface area contributed by atoms with Gasteiger partial charge in [-0.05, 0) is 0 Å². The van der Waals surface area contributed by atoms with Crippen molar-refractivity contribution in [1.29, 1.82) is 0 Å². The summed E-state index contributed by atoms with van der Waals surface area (Å²) in [4.78, 5) is 8.87. The second kappa shape index (κ2) is 2.72. The Morgan fingerprint density at radius 1 is 1.33 bits per heavy atom. The SMILES string of the molecule is O=[N+]([O-])c1cc(F)cc(F)c1[O-]. The Morgan fingerprint density at radius 3 is 2.42 bits per heavy atom. The van der Waals surface area contributed by atoms with E-state index in [2.05, 4.69) is 0 Å². The van der Waals surface area contributed by atoms with E-state index in [1.54, 1.807) is 0 Å². The molecule has 0 heterocycles. The molecule has 0 fully saturated rings. The molecule has 0 aromatic heterocycles. The zero-order valence-electron chi connectivity index (χ0n) is 5.58. The van der Waals surface area contributed by atoms with Crippen LogP contribution in [0.3, 0.4) is 0 Å². The summed E-state index contributed by atoms with van der Waals surface area (Å²) < 4.78 is 24.6. The van der Waals surface area contributed by atoms with Gasteiger partial charge in [0.1, 0.15) is 11.6 Å². The normalized spacial score (nSPS) is 9.83. The topological polar surface area (TPSA) is 66.2 Å². The average molecular weight is 174 g/mol. The van der Waals surface area contributed by atoms with Gasteiger partial charge in [-0.15, -0.1) is 0 Å². The van der Waals surface area contributed by atoms with Crippen molar-refractivity contribution in [3.05, 3.63) is 33.9 Å². The highest BCUT2D eigenvalue weighted by Crippen LogP contribution is 2.26. The van der Waals surface area contributed by atoms with E-state index in [4.69, 9.17) is 0 Å². The molecular weight excluding hydrogens is 172 g/mol. The van der Waals surface area contributed by atoms with Gasteiger partial charge in [-0.2, -0.15) is 0 Å². The maximum atomic E-state index is 12.3. The van der Waals surface area contributed by atoms with E-state index >= 15 is 0 Å². The summed E-state index contributed by atoms with van der Waals surface area (Å²) in [7, 11) is 0. The number of hydrogen-bond donors (Lipinski definition) is 0. The monoisotopic (exact) mass is 174 g/mol. The summed E-state index contributed by atoms with van der Waals surface area (Å²) >= 11 is 0. The quantitative estimate of drug-likeness (QED) is 0.470. The van der Waals surface area contributed by atoms with Crippen LogP contribution >= 0.6 is 0 Å². The Balaban J connectivity index is 3.37. The molecule has 0 aliphatic carbocycles. The largest absolute Gasteiger partial charge is 0.866 e. The van der Waals surface area contributed by atoms with Crippen molar-refractivity contribution in [1.82, 2.24) is 0 Å². The molecule has 4 nitrogen and oxygen atoms in total. The molecule has 0 radical (unpaired) electrons. The Labute approximate surface area is 65.2 Å². The molecule has 0 saturated carbocycles. The van der Waals surface area contributed by atoms with E-state index in [0.717, 1.165) is 0 Å². The fraction of sp³-hybridized carbons (Fsp3) is 0. The summed E-state index contributed by atoms with van der Waals surface area (Å²) in [6.45, 7) is 0. The van der Waals surface area contributed by atoms with Crippen LogP contribution in [0.5, 0.6) is 5.75 Å². The molecule has 0 spiro atoms. The number of hydrogen-bond acceptors (Lipinski definition) is 3. The minimum absolute atomic E-state index is 0.301. The fourth-order valence-corrected chi connectivity index (χ4v) is 0.682. The summed E-state index contributed by atoms with van der Waals surface area (Å²) in [6, 6.07) is 0.681. The molecule has 1 aromatic rings. The molecule has 0 amide bonds. The van der Waals surface area contributed by atoms with Crippen LogP contribution < -0.4 is 5.11 Å². The van der Waals surface area contributed by atoms with Gasteiger partial charge in [0.05, 0.1) is 11.0 Å². The second-order valence-electron chi connectivity index (χ2n) is 1.99. The number of rotatable bonds is 1. The van der Waals surface area contributed by atoms with Crippen molar-refractivity contribution in [2.45, 2.75) is 0 Å². The van der Waals surface area contributed by atoms with Gasteiger partial charge >= 0.3 is 0 Å². The minimum Gasteiger partial charge on any atom is -0.866 e. The first-order chi connectivity index (χ1) is 5.52. The van der Waals surface area contributed by atoms with Gasteiger partial charge in [-0.25, -0.2) is 8.78 Å². The lowest BCUT2D eigenvalue weighted by Crippen LogP contribution is -2.01. The first-order valence-corrected chi connectivity index (χ1v) is 2.83. The lowest BCUT2D eigenvalue weighted by molar-refractivity contribution is -0.399. The van der Waals surface area contributed by atoms with Crippen molar-refractivity contribution < 1.29 is 18.8 Å². The maximum Gasteiger partial charge on any atom is 0.267 e. The van der Waals surface area contributed by atoms with Crippen molar-refractivity contribution in [2.75, 3.05) is 0 Å². The van der Waals surface area contributed by atoms with Crippen molar-refractivity contribution in [3.63, 3.8) is 0 Å². The molecule has 0 aliphatic heterocycles. The summed E-state index contributed by atoms with van der Waals surface area (Å²) in [5, 5.41) is 20.6. The molecule has 0 atom stereocenters. The standard InChI is InChI=1S/C6H3F2NO3/c7-3-1-4(8)6(10)5(2-3)9(11)12/h1-2,10H/p-1. The van der Waals surface area contributed by atoms with E-state index in [-0.39, 0.29) is 0 Å². The van der Waals surface area contributed by atoms with E-state index in [1.165, 1.54) is 0 Å². The van der Waals surface area contributed by atoms with Gasteiger partial charge in [0.2, 0.25) is 0 Å². The molecule has 0 N–H and O–H groups in total. The second-order valence-corrected chi connectivity index (χ2v) is 1.99. The van der Waals surface area contributed by atoms with Gasteiger partial charge < -0.3 is 5.11 Å². The first-order valence-electron chi connectivity index (χ1n) is 2.83. The lowest BCUT2D eigenvalue weighted by atomic mass is 10.3. The molecule has 0 unspecified atom stereocenters. The number of halogens is 2. The zero-order valence-corrected chi connectivity index (χ0v) is 5.58. The molecule has 0 bridgehead atoms. The van der Waals surface area contributed by atoms with Gasteiger partial charge in [-0.1, -0.05) is 0 Å². The third-order valence-corrected chi connectivity index (χ3v) is 1.19. The summed E-state index contributed by atoms with van der Waals surface area (Å²) in [5.41, 5.74) is -1.09. The molecule has 0 aliphatic rings. The van der Waals surface area contributed by atoms with Crippen molar-refractivity contribution >= 4 is 5.69 Å². The predicted molar refractivity (Wildman–Crippen MR) is 32.5 cm³/mol. The first kappa shape index (κ1) is 8.38. The van der Waals surface area contributed by atoms with Gasteiger partial charge in [-0.3, -0.25) is 10.1 Å². The molecular formula is C6H2F2NO3-. The van der Waals surface area contributed by atoms with Crippen LogP contribution in [0.15, 0.2) is 12.1 Å². The lowest BCUT2D eigenvalue weighted by Gasteiger charge is -2.06. The summed E-state index contributed by atoms with van der Waals surface area (Å²) in [5.74, 6) is -4.00. The van der Waals surface area contributed by atoms with Gasteiger partial charge in [0.15, 0.2) is 0 Å². The van der Waals surface area contributed by atoms with E-state index in [9.17, 15) is 24.0 Å². The van der Waals surface area contributed by atoms with Crippen LogP contribution in [0.25, 0.3) is 0 Å². The Morgan fingerprint density at radius 2 is 1.92 bits per heavy atom. The van der Waals surface area contributed by atoms with E-state index in [1.807, 2.05) is 0 Å². The third kappa shape index (κ3) is 1.31. The zero-order chi connectivity index (χ0) is 9.30. The van der Waals surface area contributed by atoms with Crippen LogP contribution in [0.4, 0.5) is 14.5 Å². The molecule has 0 saturated heterocycles. The van der Waals surface area contributed by atoms with E-state index in [0.29, 0.717) is 12.1 Å². The summed E-state index contributed by atoms with van der Waals surface area (Å²) in [6.07, 6.45) is 0. The number of nitro benzene ring substituents is 1. The highest BCUT2D eigenvalue weighted by molar-refractivity contribution is 5.45. The molecule has 64 valence electrons. The third-order valence-electron chi connectivity index (χ3n) is 1.19. The van der Waals surface area contributed by atoms with Crippen molar-refractivity contribution in [3.8, 4) is 5.75 Å². The number of nitro groups is 1. The van der Waals surface area contributed by atoms with Gasteiger partial charge in [0.25, 0.3) is 5.69 Å². The van der Waals surface area contributed by atoms with E-state index < -0.39 is 28.0 Å². The van der Waals surface area contributed by atoms with Crippen LogP contribution in [-0.4, -0.2) is 4.92 Å². The highest BCUT2D eigenvalue weighted by Gasteiger charge is 2.12. The van der Waals surface area contributed by atoms with Crippen LogP contribution in [0.1, 0.15) is 0 Å². The van der Waals surface area contributed by atoms with Crippen LogP contribution in [0.2, 0.25) is 0 Å². The molecule has 1 rings (SSSR count). The number of nitrogens with zero attached hydrogens (tertiary/aromatic N) is 1. The highest BCUT2D eigenvalue weighted by atomic mass is 19.1. The minimum atomic E-state index is -1.46. The number of benzene rings is 1. The smallest absolute Gasteiger partial charge is 0.267 e. The van der Waals surface area contributed by atoms with Crippen LogP contribution in [0, 0.1) is 21.7 Å². The fourth-order valence-electron chi connectivity index (χ4n) is 0.682. The Kier molecular flexibility index (Phi) is 1.90. The average Bonchev–Trinajstić information content (AvgIpc) is 1.96. The Bertz CT molecular complexity index is 340. The molecule has 6 heteroatoms. The van der Waals surface area contributed by atoms with Gasteiger partial charge in [0, 0.05) is 11.8 Å².